The van der Waals surface area contributed by atoms with Gasteiger partial charge in [-0.25, -0.2) is 9.78 Å². The van der Waals surface area contributed by atoms with Gasteiger partial charge in [0.2, 0.25) is 0 Å². The van der Waals surface area contributed by atoms with Crippen LogP contribution in [-0.4, -0.2) is 36.7 Å². The SMILES string of the molecule is CC1CC(C)CN(Cc2nc3c(c(=O)n(C)c(=O)n3C)n2CC=Cc2ccccc2)C1. The number of imidazole rings is 1. The van der Waals surface area contributed by atoms with Crippen LogP contribution in [0.1, 0.15) is 31.7 Å². The largest absolute Gasteiger partial charge is 0.332 e. The molecule has 3 heterocycles. The first kappa shape index (κ1) is 21.3. The summed E-state index contributed by atoms with van der Waals surface area (Å²) >= 11 is 0. The van der Waals surface area contributed by atoms with E-state index in [-0.39, 0.29) is 11.2 Å². The minimum Gasteiger partial charge on any atom is -0.317 e. The first-order valence-corrected chi connectivity index (χ1v) is 10.9. The van der Waals surface area contributed by atoms with Crippen LogP contribution in [0.2, 0.25) is 0 Å². The molecule has 0 radical (unpaired) electrons. The Morgan fingerprint density at radius 3 is 2.39 bits per heavy atom. The van der Waals surface area contributed by atoms with Crippen LogP contribution in [0.15, 0.2) is 46.0 Å². The average Bonchev–Trinajstić information content (AvgIpc) is 3.09. The minimum atomic E-state index is -0.353. The van der Waals surface area contributed by atoms with E-state index in [1.165, 1.54) is 18.0 Å². The van der Waals surface area contributed by atoms with Gasteiger partial charge in [-0.05, 0) is 23.8 Å². The molecule has 3 aromatic rings. The summed E-state index contributed by atoms with van der Waals surface area (Å²) < 4.78 is 4.61. The lowest BCUT2D eigenvalue weighted by atomic mass is 9.92. The van der Waals surface area contributed by atoms with Crippen LogP contribution in [0.4, 0.5) is 0 Å². The van der Waals surface area contributed by atoms with Crippen molar-refractivity contribution < 1.29 is 0 Å². The summed E-state index contributed by atoms with van der Waals surface area (Å²) in [5.41, 5.74) is 1.39. The van der Waals surface area contributed by atoms with E-state index in [2.05, 4.69) is 18.7 Å². The lowest BCUT2D eigenvalue weighted by Gasteiger charge is -2.34. The molecule has 4 rings (SSSR count). The predicted molar refractivity (Wildman–Crippen MR) is 124 cm³/mol. The van der Waals surface area contributed by atoms with Gasteiger partial charge in [0, 0.05) is 33.7 Å². The van der Waals surface area contributed by atoms with E-state index in [0.29, 0.717) is 36.1 Å². The number of hydrogen-bond acceptors (Lipinski definition) is 4. The Bertz CT molecular complexity index is 1210. The topological polar surface area (TPSA) is 65.1 Å². The quantitative estimate of drug-likeness (QED) is 0.635. The predicted octanol–water partition coefficient (Wildman–Crippen LogP) is 2.63. The van der Waals surface area contributed by atoms with Crippen molar-refractivity contribution in [3.63, 3.8) is 0 Å². The Morgan fingerprint density at radius 2 is 1.71 bits per heavy atom. The summed E-state index contributed by atoms with van der Waals surface area (Å²) in [7, 11) is 3.20. The molecule has 1 aromatic carbocycles. The van der Waals surface area contributed by atoms with E-state index in [1.807, 2.05) is 47.1 Å². The number of nitrogens with zero attached hydrogens (tertiary/aromatic N) is 5. The number of aromatic nitrogens is 4. The molecular weight excluding hydrogens is 390 g/mol. The normalized spacial score (nSPS) is 20.1. The van der Waals surface area contributed by atoms with Crippen molar-refractivity contribution in [2.24, 2.45) is 25.9 Å². The molecule has 2 aromatic heterocycles. The maximum Gasteiger partial charge on any atom is 0.332 e. The molecule has 0 aliphatic carbocycles. The van der Waals surface area contributed by atoms with Gasteiger partial charge in [-0.15, -0.1) is 0 Å². The summed E-state index contributed by atoms with van der Waals surface area (Å²) in [6.45, 7) is 7.79. The number of hydrogen-bond donors (Lipinski definition) is 0. The molecule has 1 aliphatic rings. The van der Waals surface area contributed by atoms with Gasteiger partial charge in [0.15, 0.2) is 11.2 Å². The van der Waals surface area contributed by atoms with Crippen LogP contribution >= 0.6 is 0 Å². The summed E-state index contributed by atoms with van der Waals surface area (Å²) in [5.74, 6) is 2.10. The Kier molecular flexibility index (Phi) is 5.96. The zero-order valence-electron chi connectivity index (χ0n) is 18.8. The number of fused-ring (bicyclic) bond motifs is 1. The molecular formula is C24H31N5O2. The highest BCUT2D eigenvalue weighted by atomic mass is 16.2. The Labute approximate surface area is 182 Å². The van der Waals surface area contributed by atoms with Crippen molar-refractivity contribution >= 4 is 17.2 Å². The summed E-state index contributed by atoms with van der Waals surface area (Å²) in [4.78, 5) is 32.7. The van der Waals surface area contributed by atoms with Gasteiger partial charge >= 0.3 is 5.69 Å². The molecule has 0 bridgehead atoms. The smallest absolute Gasteiger partial charge is 0.317 e. The second kappa shape index (κ2) is 8.67. The fourth-order valence-corrected chi connectivity index (χ4v) is 4.79. The molecule has 1 aliphatic heterocycles. The van der Waals surface area contributed by atoms with Gasteiger partial charge in [-0.2, -0.15) is 0 Å². The molecule has 2 atom stereocenters. The van der Waals surface area contributed by atoms with E-state index in [4.69, 9.17) is 4.98 Å². The number of benzene rings is 1. The van der Waals surface area contributed by atoms with Crippen LogP contribution in [-0.2, 0) is 27.2 Å². The highest BCUT2D eigenvalue weighted by molar-refractivity contribution is 5.71. The number of aryl methyl sites for hydroxylation is 1. The number of rotatable bonds is 5. The van der Waals surface area contributed by atoms with Crippen LogP contribution in [0, 0.1) is 11.8 Å². The fraction of sp³-hybridized carbons (Fsp3) is 0.458. The molecule has 7 nitrogen and oxygen atoms in total. The molecule has 0 N–H and O–H groups in total. The first-order valence-electron chi connectivity index (χ1n) is 10.9. The number of allylic oxidation sites excluding steroid dienone is 1. The molecule has 0 spiro atoms. The minimum absolute atomic E-state index is 0.301. The highest BCUT2D eigenvalue weighted by Crippen LogP contribution is 2.23. The maximum absolute atomic E-state index is 13.0. The molecule has 0 amide bonds. The van der Waals surface area contributed by atoms with E-state index < -0.39 is 0 Å². The van der Waals surface area contributed by atoms with E-state index in [1.54, 1.807) is 7.05 Å². The molecule has 7 heteroatoms. The molecule has 1 fully saturated rings. The second-order valence-corrected chi connectivity index (χ2v) is 8.97. The molecule has 0 saturated carbocycles. The zero-order valence-corrected chi connectivity index (χ0v) is 18.8. The van der Waals surface area contributed by atoms with Crippen molar-refractivity contribution in [1.29, 1.82) is 0 Å². The zero-order chi connectivity index (χ0) is 22.1. The van der Waals surface area contributed by atoms with Crippen molar-refractivity contribution in [2.45, 2.75) is 33.4 Å². The van der Waals surface area contributed by atoms with Crippen molar-refractivity contribution in [1.82, 2.24) is 23.6 Å². The van der Waals surface area contributed by atoms with Crippen molar-refractivity contribution in [3.05, 3.63) is 68.6 Å². The Hall–Kier alpha value is -2.93. The summed E-state index contributed by atoms with van der Waals surface area (Å²) in [6.07, 6.45) is 5.33. The van der Waals surface area contributed by atoms with E-state index in [9.17, 15) is 9.59 Å². The molecule has 2 unspecified atom stereocenters. The standard InChI is InChI=1S/C24H31N5O2/c1-17-13-18(2)15-28(14-17)16-20-25-22-21(23(30)27(4)24(31)26(22)3)29(20)12-8-11-19-9-6-5-7-10-19/h5-11,17-18H,12-16H2,1-4H3. The van der Waals surface area contributed by atoms with Gasteiger partial charge in [0.25, 0.3) is 5.56 Å². The van der Waals surface area contributed by atoms with Crippen molar-refractivity contribution in [2.75, 3.05) is 13.1 Å². The summed E-state index contributed by atoms with van der Waals surface area (Å²) in [6, 6.07) is 10.1. The van der Waals surface area contributed by atoms with Gasteiger partial charge < -0.3 is 4.57 Å². The lowest BCUT2D eigenvalue weighted by Crippen LogP contribution is -2.39. The molecule has 31 heavy (non-hydrogen) atoms. The van der Waals surface area contributed by atoms with Gasteiger partial charge in [-0.3, -0.25) is 18.8 Å². The highest BCUT2D eigenvalue weighted by Gasteiger charge is 2.25. The van der Waals surface area contributed by atoms with Crippen molar-refractivity contribution in [3.8, 4) is 0 Å². The third-order valence-electron chi connectivity index (χ3n) is 6.13. The average molecular weight is 422 g/mol. The third kappa shape index (κ3) is 4.28. The monoisotopic (exact) mass is 421 g/mol. The maximum atomic E-state index is 13.0. The Morgan fingerprint density at radius 1 is 1.03 bits per heavy atom. The van der Waals surface area contributed by atoms with Gasteiger partial charge in [-0.1, -0.05) is 56.3 Å². The lowest BCUT2D eigenvalue weighted by molar-refractivity contribution is 0.130. The molecule has 164 valence electrons. The van der Waals surface area contributed by atoms with Gasteiger partial charge in [0.05, 0.1) is 6.54 Å². The molecule has 1 saturated heterocycles. The Balaban J connectivity index is 1.76. The van der Waals surface area contributed by atoms with Crippen LogP contribution in [0.3, 0.4) is 0 Å². The number of piperidine rings is 1. The van der Waals surface area contributed by atoms with Crippen LogP contribution in [0.25, 0.3) is 17.2 Å². The second-order valence-electron chi connectivity index (χ2n) is 8.97. The van der Waals surface area contributed by atoms with E-state index in [0.717, 1.165) is 29.0 Å². The van der Waals surface area contributed by atoms with Crippen LogP contribution in [0.5, 0.6) is 0 Å². The fourth-order valence-electron chi connectivity index (χ4n) is 4.79. The van der Waals surface area contributed by atoms with Gasteiger partial charge in [0.1, 0.15) is 5.82 Å². The third-order valence-corrected chi connectivity index (χ3v) is 6.13. The van der Waals surface area contributed by atoms with E-state index >= 15 is 0 Å². The number of likely N-dealkylation sites (tertiary alicyclic amines) is 1. The first-order chi connectivity index (χ1) is 14.8. The summed E-state index contributed by atoms with van der Waals surface area (Å²) in [5, 5.41) is 0. The van der Waals surface area contributed by atoms with Crippen LogP contribution < -0.4 is 11.2 Å².